The number of piperazine rings is 1. The molecule has 2 aromatic heterocycles. The average Bonchev–Trinajstić information content (AvgIpc) is 3.20. The van der Waals surface area contributed by atoms with Gasteiger partial charge in [-0.2, -0.15) is 8.68 Å². The molecule has 0 saturated carbocycles. The number of amides is 1. The highest BCUT2D eigenvalue weighted by Crippen LogP contribution is 2.30. The molecule has 0 radical (unpaired) electrons. The van der Waals surface area contributed by atoms with Crippen LogP contribution < -0.4 is 5.32 Å². The second-order valence-electron chi connectivity index (χ2n) is 5.48. The second-order valence-corrected chi connectivity index (χ2v) is 10.9. The van der Waals surface area contributed by atoms with E-state index in [-0.39, 0.29) is 19.0 Å². The summed E-state index contributed by atoms with van der Waals surface area (Å²) in [4.78, 5) is 14.5. The molecule has 11 heteroatoms. The number of hydrogen-bond acceptors (Lipinski definition) is 7. The molecule has 1 aliphatic rings. The molecule has 0 bridgehead atoms. The first-order chi connectivity index (χ1) is 11.8. The van der Waals surface area contributed by atoms with Crippen LogP contribution in [0.1, 0.15) is 16.1 Å². The van der Waals surface area contributed by atoms with E-state index in [0.717, 1.165) is 8.79 Å². The molecule has 2 aromatic rings. The maximum absolute atomic E-state index is 12.8. The lowest BCUT2D eigenvalue weighted by atomic mass is 10.2. The van der Waals surface area contributed by atoms with E-state index in [9.17, 15) is 13.2 Å². The van der Waals surface area contributed by atoms with Gasteiger partial charge in [-0.3, -0.25) is 4.79 Å². The summed E-state index contributed by atoms with van der Waals surface area (Å²) in [6.45, 7) is 3.11. The predicted octanol–water partition coefficient (Wildman–Crippen LogP) is 2.46. The Hall–Kier alpha value is -1.01. The predicted molar refractivity (Wildman–Crippen MR) is 103 cm³/mol. The maximum Gasteiger partial charge on any atom is 0.258 e. The van der Waals surface area contributed by atoms with Crippen molar-refractivity contribution < 1.29 is 13.2 Å². The number of rotatable bonds is 4. The Bertz CT molecular complexity index is 885. The molecule has 1 amide bonds. The van der Waals surface area contributed by atoms with Gasteiger partial charge in [0.15, 0.2) is 0 Å². The van der Waals surface area contributed by atoms with Crippen molar-refractivity contribution in [3.63, 3.8) is 0 Å². The van der Waals surface area contributed by atoms with E-state index in [1.54, 1.807) is 31.0 Å². The number of anilines is 1. The summed E-state index contributed by atoms with van der Waals surface area (Å²) in [5.41, 5.74) is 1.27. The van der Waals surface area contributed by atoms with Gasteiger partial charge < -0.3 is 10.2 Å². The monoisotopic (exact) mass is 464 g/mol. The van der Waals surface area contributed by atoms with Gasteiger partial charge in [-0.25, -0.2) is 8.42 Å². The number of halogens is 1. The Balaban J connectivity index is 1.71. The van der Waals surface area contributed by atoms with Crippen molar-refractivity contribution in [3.05, 3.63) is 27.2 Å². The number of thiophene rings is 1. The molecule has 7 nitrogen and oxygen atoms in total. The number of carbonyl (C=O) groups excluding carboxylic acids is 1. The lowest BCUT2D eigenvalue weighted by Crippen LogP contribution is -2.50. The first kappa shape index (κ1) is 18.8. The summed E-state index contributed by atoms with van der Waals surface area (Å²) in [6, 6.07) is 3.32. The highest BCUT2D eigenvalue weighted by atomic mass is 79.9. The summed E-state index contributed by atoms with van der Waals surface area (Å²) < 4.78 is 32.1. The molecule has 0 aromatic carbocycles. The molecule has 25 heavy (non-hydrogen) atoms. The van der Waals surface area contributed by atoms with Gasteiger partial charge in [0.25, 0.3) is 15.9 Å². The zero-order valence-corrected chi connectivity index (χ0v) is 17.7. The number of nitrogens with zero attached hydrogens (tertiary/aromatic N) is 3. The molecule has 3 rings (SSSR count). The first-order valence-electron chi connectivity index (χ1n) is 7.53. The Labute approximate surface area is 163 Å². The third kappa shape index (κ3) is 3.61. The van der Waals surface area contributed by atoms with Gasteiger partial charge >= 0.3 is 0 Å². The van der Waals surface area contributed by atoms with Crippen molar-refractivity contribution in [2.75, 3.05) is 38.5 Å². The van der Waals surface area contributed by atoms with Crippen LogP contribution in [0.15, 0.2) is 20.1 Å². The van der Waals surface area contributed by atoms with Gasteiger partial charge in [0.2, 0.25) is 0 Å². The molecule has 0 atom stereocenters. The van der Waals surface area contributed by atoms with Crippen molar-refractivity contribution in [2.24, 2.45) is 0 Å². The summed E-state index contributed by atoms with van der Waals surface area (Å²) in [5.74, 6) is -0.105. The van der Waals surface area contributed by atoms with Crippen LogP contribution in [0.4, 0.5) is 5.00 Å². The van der Waals surface area contributed by atoms with Crippen LogP contribution >= 0.6 is 38.8 Å². The van der Waals surface area contributed by atoms with E-state index in [1.165, 1.54) is 27.2 Å². The highest BCUT2D eigenvalue weighted by Gasteiger charge is 2.32. The molecule has 0 spiro atoms. The normalized spacial score (nSPS) is 16.2. The zero-order chi connectivity index (χ0) is 18.2. The van der Waals surface area contributed by atoms with Gasteiger partial charge in [-0.05, 0) is 46.5 Å². The second kappa shape index (κ2) is 7.31. The Morgan fingerprint density at radius 1 is 1.28 bits per heavy atom. The van der Waals surface area contributed by atoms with Crippen LogP contribution in [-0.2, 0) is 10.0 Å². The number of nitrogens with one attached hydrogen (secondary N) is 1. The average molecular weight is 465 g/mol. The molecule has 1 N–H and O–H groups in total. The minimum atomic E-state index is -3.50. The van der Waals surface area contributed by atoms with E-state index < -0.39 is 10.0 Å². The molecule has 0 unspecified atom stereocenters. The molecule has 3 heterocycles. The maximum atomic E-state index is 12.8. The number of carbonyl (C=O) groups is 1. The van der Waals surface area contributed by atoms with E-state index in [2.05, 4.69) is 25.6 Å². The van der Waals surface area contributed by atoms with E-state index in [4.69, 9.17) is 0 Å². The van der Waals surface area contributed by atoms with Crippen LogP contribution in [0.25, 0.3) is 0 Å². The van der Waals surface area contributed by atoms with Crippen molar-refractivity contribution in [2.45, 2.75) is 11.1 Å². The van der Waals surface area contributed by atoms with E-state index in [1.807, 2.05) is 0 Å². The van der Waals surface area contributed by atoms with Gasteiger partial charge in [-0.15, -0.1) is 11.3 Å². The SMILES string of the molecule is CNc1snc(C)c1C(=O)N1CCN(S(=O)(=O)c2ccc(Br)s2)CC1. The van der Waals surface area contributed by atoms with Gasteiger partial charge in [0.05, 0.1) is 15.0 Å². The van der Waals surface area contributed by atoms with Crippen LogP contribution in [0.3, 0.4) is 0 Å². The van der Waals surface area contributed by atoms with E-state index >= 15 is 0 Å². The summed E-state index contributed by atoms with van der Waals surface area (Å²) in [7, 11) is -1.75. The molecule has 1 aliphatic heterocycles. The Morgan fingerprint density at radius 2 is 1.96 bits per heavy atom. The van der Waals surface area contributed by atoms with Crippen molar-refractivity contribution in [1.29, 1.82) is 0 Å². The Morgan fingerprint density at radius 3 is 2.52 bits per heavy atom. The van der Waals surface area contributed by atoms with Gasteiger partial charge in [0.1, 0.15) is 9.21 Å². The van der Waals surface area contributed by atoms with Gasteiger partial charge in [0, 0.05) is 33.2 Å². The summed E-state index contributed by atoms with van der Waals surface area (Å²) in [6.07, 6.45) is 0. The first-order valence-corrected chi connectivity index (χ1v) is 11.4. The lowest BCUT2D eigenvalue weighted by molar-refractivity contribution is 0.0698. The number of hydrogen-bond donors (Lipinski definition) is 1. The Kier molecular flexibility index (Phi) is 5.49. The standard InChI is InChI=1S/C14H17BrN4O3S3/c1-9-12(13(16-2)24-17-9)14(20)18-5-7-19(8-6-18)25(21,22)11-4-3-10(15)23-11/h3-4,16H,5-8H2,1-2H3. The smallest absolute Gasteiger partial charge is 0.258 e. The molecule has 0 aliphatic carbocycles. The van der Waals surface area contributed by atoms with Crippen molar-refractivity contribution in [3.8, 4) is 0 Å². The summed E-state index contributed by atoms with van der Waals surface area (Å²) >= 11 is 5.74. The van der Waals surface area contributed by atoms with Crippen LogP contribution in [0, 0.1) is 6.92 Å². The molecule has 136 valence electrons. The number of aromatic nitrogens is 1. The van der Waals surface area contributed by atoms with Crippen molar-refractivity contribution >= 4 is 59.7 Å². The largest absolute Gasteiger partial charge is 0.378 e. The van der Waals surface area contributed by atoms with E-state index in [0.29, 0.717) is 28.6 Å². The zero-order valence-electron chi connectivity index (χ0n) is 13.7. The van der Waals surface area contributed by atoms with Crippen LogP contribution in [-0.4, -0.2) is 61.1 Å². The fourth-order valence-electron chi connectivity index (χ4n) is 2.65. The molecular formula is C14H17BrN4O3S3. The minimum absolute atomic E-state index is 0.105. The number of sulfonamides is 1. The fourth-order valence-corrected chi connectivity index (χ4v) is 6.97. The van der Waals surface area contributed by atoms with Crippen molar-refractivity contribution in [1.82, 2.24) is 13.6 Å². The minimum Gasteiger partial charge on any atom is -0.378 e. The molecule has 1 fully saturated rings. The fraction of sp³-hybridized carbons (Fsp3) is 0.429. The number of aryl methyl sites for hydroxylation is 1. The van der Waals surface area contributed by atoms with Crippen LogP contribution in [0.2, 0.25) is 0 Å². The molecule has 1 saturated heterocycles. The third-order valence-corrected chi connectivity index (χ3v) is 8.92. The molecular weight excluding hydrogens is 448 g/mol. The topological polar surface area (TPSA) is 82.6 Å². The third-order valence-electron chi connectivity index (χ3n) is 3.97. The van der Waals surface area contributed by atoms with Crippen LogP contribution in [0.5, 0.6) is 0 Å². The highest BCUT2D eigenvalue weighted by molar-refractivity contribution is 9.11. The summed E-state index contributed by atoms with van der Waals surface area (Å²) in [5, 5.41) is 3.73. The lowest BCUT2D eigenvalue weighted by Gasteiger charge is -2.33. The van der Waals surface area contributed by atoms with Gasteiger partial charge in [-0.1, -0.05) is 0 Å². The quantitative estimate of drug-likeness (QED) is 0.750.